The summed E-state index contributed by atoms with van der Waals surface area (Å²) >= 11 is 0. The van der Waals surface area contributed by atoms with Gasteiger partial charge >= 0.3 is 0 Å². The van der Waals surface area contributed by atoms with Gasteiger partial charge < -0.3 is 4.48 Å². The Labute approximate surface area is 165 Å². The second kappa shape index (κ2) is 14.9. The van der Waals surface area contributed by atoms with Gasteiger partial charge in [0.2, 0.25) is 10.0 Å². The molecule has 0 aromatic rings. The molecule has 0 aliphatic heterocycles. The van der Waals surface area contributed by atoms with E-state index in [1.165, 1.54) is 64.2 Å². The highest BCUT2D eigenvalue weighted by atomic mass is 32.2. The van der Waals surface area contributed by atoms with Crippen LogP contribution in [0.4, 0.5) is 0 Å². The van der Waals surface area contributed by atoms with Crippen molar-refractivity contribution in [3.05, 3.63) is 0 Å². The number of nitrogens with zero attached hydrogens (tertiary/aromatic N) is 2. The molecule has 0 unspecified atom stereocenters. The molecule has 0 fully saturated rings. The highest BCUT2D eigenvalue weighted by molar-refractivity contribution is 7.89. The number of hydrogen-bond donors (Lipinski definition) is 0. The topological polar surface area (TPSA) is 37.4 Å². The second-order valence-electron chi connectivity index (χ2n) is 8.50. The van der Waals surface area contributed by atoms with E-state index in [2.05, 4.69) is 27.9 Å². The summed E-state index contributed by atoms with van der Waals surface area (Å²) < 4.78 is 27.1. The third-order valence-electron chi connectivity index (χ3n) is 5.61. The second-order valence-corrected chi connectivity index (χ2v) is 10.7. The van der Waals surface area contributed by atoms with Crippen molar-refractivity contribution in [2.45, 2.75) is 90.9 Å². The highest BCUT2D eigenvalue weighted by Gasteiger charge is 2.20. The summed E-state index contributed by atoms with van der Waals surface area (Å²) in [6.45, 7) is 6.90. The molecule has 0 spiro atoms. The third-order valence-corrected chi connectivity index (χ3v) is 7.54. The van der Waals surface area contributed by atoms with Crippen LogP contribution in [0.15, 0.2) is 0 Å². The zero-order valence-electron chi connectivity index (χ0n) is 18.4. The molecule has 0 atom stereocenters. The molecule has 0 N–H and O–H groups in total. The molecule has 4 nitrogen and oxygen atoms in total. The normalized spacial score (nSPS) is 12.8. The molecule has 158 valence electrons. The van der Waals surface area contributed by atoms with Gasteiger partial charge in [0.15, 0.2) is 0 Å². The average molecular weight is 392 g/mol. The van der Waals surface area contributed by atoms with E-state index in [9.17, 15) is 8.42 Å². The Morgan fingerprint density at radius 2 is 1.15 bits per heavy atom. The van der Waals surface area contributed by atoms with E-state index in [1.54, 1.807) is 11.4 Å². The smallest absolute Gasteiger partial charge is 0.214 e. The maximum atomic E-state index is 12.3. The fourth-order valence-electron chi connectivity index (χ4n) is 2.99. The van der Waals surface area contributed by atoms with Crippen LogP contribution in [0, 0.1) is 0 Å². The fourth-order valence-corrected chi connectivity index (χ4v) is 4.23. The molecule has 0 aromatic heterocycles. The lowest BCUT2D eigenvalue weighted by atomic mass is 10.1. The van der Waals surface area contributed by atoms with Gasteiger partial charge in [-0.15, -0.1) is 0 Å². The van der Waals surface area contributed by atoms with Crippen molar-refractivity contribution in [1.82, 2.24) is 4.31 Å². The lowest BCUT2D eigenvalue weighted by molar-refractivity contribution is -0.887. The Hall–Kier alpha value is -0.130. The minimum atomic E-state index is -3.08. The van der Waals surface area contributed by atoms with Crippen LogP contribution in [-0.4, -0.2) is 63.7 Å². The van der Waals surface area contributed by atoms with Gasteiger partial charge in [-0.1, -0.05) is 77.6 Å². The maximum absolute atomic E-state index is 12.3. The molecule has 0 rings (SSSR count). The van der Waals surface area contributed by atoms with Crippen molar-refractivity contribution in [1.29, 1.82) is 0 Å². The first-order valence-corrected chi connectivity index (χ1v) is 12.6. The molecule has 26 heavy (non-hydrogen) atoms. The number of likely N-dealkylation sites (N-methyl/N-ethyl adjacent to an activating group) is 2. The van der Waals surface area contributed by atoms with E-state index in [0.29, 0.717) is 12.3 Å². The Bertz CT molecular complexity index is 422. The molecule has 0 saturated carbocycles. The summed E-state index contributed by atoms with van der Waals surface area (Å²) in [6, 6.07) is 0. The number of unbranched alkanes of at least 4 members (excludes halogenated alkanes) is 11. The van der Waals surface area contributed by atoms with Crippen molar-refractivity contribution in [2.24, 2.45) is 0 Å². The van der Waals surface area contributed by atoms with E-state index < -0.39 is 10.0 Å². The van der Waals surface area contributed by atoms with Crippen LogP contribution in [0.25, 0.3) is 0 Å². The Kier molecular flexibility index (Phi) is 14.8. The summed E-state index contributed by atoms with van der Waals surface area (Å²) in [4.78, 5) is 0. The van der Waals surface area contributed by atoms with Gasteiger partial charge in [-0.25, -0.2) is 8.42 Å². The lowest BCUT2D eigenvalue weighted by Crippen LogP contribution is -2.45. The van der Waals surface area contributed by atoms with Crippen LogP contribution in [0.5, 0.6) is 0 Å². The minimum absolute atomic E-state index is 0.306. The predicted molar refractivity (Wildman–Crippen MR) is 115 cm³/mol. The van der Waals surface area contributed by atoms with Crippen LogP contribution < -0.4 is 0 Å². The van der Waals surface area contributed by atoms with E-state index in [1.807, 2.05) is 0 Å². The predicted octanol–water partition coefficient (Wildman–Crippen LogP) is 5.05. The molecule has 0 aliphatic carbocycles. The van der Waals surface area contributed by atoms with Gasteiger partial charge in [0.05, 0.1) is 39.5 Å². The quantitative estimate of drug-likeness (QED) is 0.242. The monoisotopic (exact) mass is 391 g/mol. The van der Waals surface area contributed by atoms with Crippen molar-refractivity contribution in [2.75, 3.05) is 46.5 Å². The summed E-state index contributed by atoms with van der Waals surface area (Å²) in [5.74, 6) is 0.306. The molecule has 0 radical (unpaired) electrons. The number of rotatable bonds is 18. The molecule has 0 aromatic carbocycles. The first kappa shape index (κ1) is 25.9. The zero-order chi connectivity index (χ0) is 19.9. The van der Waals surface area contributed by atoms with Crippen LogP contribution in [0.3, 0.4) is 0 Å². The van der Waals surface area contributed by atoms with Crippen molar-refractivity contribution in [3.63, 3.8) is 0 Å². The van der Waals surface area contributed by atoms with Crippen LogP contribution in [-0.2, 0) is 10.0 Å². The molecule has 0 saturated heterocycles. The summed E-state index contributed by atoms with van der Waals surface area (Å²) in [5, 5.41) is 0. The van der Waals surface area contributed by atoms with Gasteiger partial charge in [0.25, 0.3) is 0 Å². The minimum Gasteiger partial charge on any atom is -0.328 e. The number of quaternary nitrogens is 1. The van der Waals surface area contributed by atoms with Gasteiger partial charge in [-0.05, 0) is 13.3 Å². The van der Waals surface area contributed by atoms with E-state index in [4.69, 9.17) is 0 Å². The molecular weight excluding hydrogens is 344 g/mol. The van der Waals surface area contributed by atoms with Gasteiger partial charge in [0, 0.05) is 7.05 Å². The maximum Gasteiger partial charge on any atom is 0.214 e. The summed E-state index contributed by atoms with van der Waals surface area (Å²) in [6.07, 6.45) is 15.2. The van der Waals surface area contributed by atoms with Gasteiger partial charge in [-0.3, -0.25) is 0 Å². The molecule has 0 aliphatic rings. The molecular formula is C21H47N2O2S+. The third kappa shape index (κ3) is 14.0. The summed E-state index contributed by atoms with van der Waals surface area (Å²) in [5.41, 5.74) is 0. The van der Waals surface area contributed by atoms with Crippen molar-refractivity contribution < 1.29 is 12.9 Å². The van der Waals surface area contributed by atoms with Gasteiger partial charge in [0.1, 0.15) is 0 Å². The number of sulfonamides is 1. The Morgan fingerprint density at radius 1 is 0.731 bits per heavy atom. The van der Waals surface area contributed by atoms with Gasteiger partial charge in [-0.2, -0.15) is 4.31 Å². The standard InChI is InChI=1S/C21H47N2O2S/c1-6-8-9-10-11-12-13-14-15-16-17-18-21-26(24,25)22(3)19-20-23(4,5)7-2/h6-21H2,1-5H3/q+1. The number of hydrogen-bond acceptors (Lipinski definition) is 2. The zero-order valence-corrected chi connectivity index (χ0v) is 19.2. The molecule has 0 amide bonds. The molecule has 5 heteroatoms. The lowest BCUT2D eigenvalue weighted by Gasteiger charge is -2.30. The van der Waals surface area contributed by atoms with Crippen molar-refractivity contribution >= 4 is 10.0 Å². The van der Waals surface area contributed by atoms with E-state index >= 15 is 0 Å². The SMILES string of the molecule is CCCCCCCCCCCCCCS(=O)(=O)N(C)CC[N+](C)(C)CC. The van der Waals surface area contributed by atoms with Crippen LogP contribution in [0.2, 0.25) is 0 Å². The van der Waals surface area contributed by atoms with E-state index in [0.717, 1.165) is 30.4 Å². The average Bonchev–Trinajstić information content (AvgIpc) is 2.60. The summed E-state index contributed by atoms with van der Waals surface area (Å²) in [7, 11) is 2.94. The van der Waals surface area contributed by atoms with E-state index in [-0.39, 0.29) is 0 Å². The Morgan fingerprint density at radius 3 is 1.58 bits per heavy atom. The first-order valence-electron chi connectivity index (χ1n) is 11.0. The highest BCUT2D eigenvalue weighted by Crippen LogP contribution is 2.13. The van der Waals surface area contributed by atoms with Crippen molar-refractivity contribution in [3.8, 4) is 0 Å². The molecule has 0 heterocycles. The Balaban J connectivity index is 3.64. The molecule has 0 bridgehead atoms. The van der Waals surface area contributed by atoms with Crippen LogP contribution in [0.1, 0.15) is 90.9 Å². The fraction of sp³-hybridized carbons (Fsp3) is 1.00. The van der Waals surface area contributed by atoms with Crippen LogP contribution >= 0.6 is 0 Å². The first-order chi connectivity index (χ1) is 12.2. The largest absolute Gasteiger partial charge is 0.328 e.